The first-order chi connectivity index (χ1) is 13.2. The van der Waals surface area contributed by atoms with Crippen molar-refractivity contribution in [1.82, 2.24) is 10.2 Å². The number of ether oxygens (including phenoxy) is 1. The lowest BCUT2D eigenvalue weighted by Crippen LogP contribution is -2.59. The Balaban J connectivity index is 4.05. The van der Waals surface area contributed by atoms with Gasteiger partial charge in [0.1, 0.15) is 6.54 Å². The predicted molar refractivity (Wildman–Crippen MR) is 116 cm³/mol. The summed E-state index contributed by atoms with van der Waals surface area (Å²) in [5, 5.41) is 8.37. The molecule has 152 valence electrons. The second-order valence-corrected chi connectivity index (χ2v) is 7.11. The number of unbranched alkanes of at least 4 members (excludes halogenated alkanes) is 9. The third-order valence-corrected chi connectivity index (χ3v) is 4.35. The van der Waals surface area contributed by atoms with Crippen LogP contribution in [-0.2, 0) is 14.3 Å². The molecule has 0 unspecified atom stereocenters. The Bertz CT molecular complexity index is 471. The van der Waals surface area contributed by atoms with Crippen LogP contribution in [0.5, 0.6) is 0 Å². The number of esters is 1. The number of rotatable bonds is 15. The van der Waals surface area contributed by atoms with Crippen LogP contribution in [0.3, 0.4) is 0 Å². The minimum Gasteiger partial charge on any atom is -0.465 e. The molecule has 0 spiro atoms. The van der Waals surface area contributed by atoms with Crippen molar-refractivity contribution in [3.05, 3.63) is 0 Å². The van der Waals surface area contributed by atoms with Gasteiger partial charge in [0.2, 0.25) is 5.91 Å². The van der Waals surface area contributed by atoms with Crippen molar-refractivity contribution in [1.29, 1.82) is 5.41 Å². The Labute approximate surface area is 174 Å². The van der Waals surface area contributed by atoms with Crippen molar-refractivity contribution in [3.8, 4) is 0 Å². The van der Waals surface area contributed by atoms with Gasteiger partial charge in [0.05, 0.1) is 30.1 Å². The largest absolute Gasteiger partial charge is 0.465 e. The topological polar surface area (TPSA) is 82.5 Å². The number of carbonyl (C=O) groups excluding carboxylic acids is 2. The van der Waals surface area contributed by atoms with Gasteiger partial charge in [-0.2, -0.15) is 0 Å². The van der Waals surface area contributed by atoms with E-state index in [1.807, 2.05) is 0 Å². The monoisotopic (exact) mass is 385 g/mol. The summed E-state index contributed by atoms with van der Waals surface area (Å²) in [6.45, 7) is 3.63. The van der Waals surface area contributed by atoms with Crippen molar-refractivity contribution in [3.63, 3.8) is 0 Å². The standard InChI is InChI=1S/C19H34B3N3O3/c1-3-5-6-7-8-9-10-11-12-13-14-16(26)24-18(23)25(19(20,21)22)15-17(27)28-4-2/h3-15H2,1-2H3,(H2,23,24,26). The summed E-state index contributed by atoms with van der Waals surface area (Å²) in [7, 11) is 16.8. The Morgan fingerprint density at radius 3 is 1.89 bits per heavy atom. The lowest BCUT2D eigenvalue weighted by Gasteiger charge is -2.38. The highest BCUT2D eigenvalue weighted by molar-refractivity contribution is 6.59. The van der Waals surface area contributed by atoms with Gasteiger partial charge in [-0.3, -0.25) is 20.3 Å². The molecule has 0 saturated carbocycles. The van der Waals surface area contributed by atoms with E-state index in [9.17, 15) is 9.59 Å². The van der Waals surface area contributed by atoms with Gasteiger partial charge in [0, 0.05) is 6.42 Å². The Morgan fingerprint density at radius 1 is 0.929 bits per heavy atom. The lowest BCUT2D eigenvalue weighted by molar-refractivity contribution is -0.143. The zero-order valence-electron chi connectivity index (χ0n) is 17.6. The van der Waals surface area contributed by atoms with E-state index in [4.69, 9.17) is 33.7 Å². The molecule has 0 aliphatic rings. The van der Waals surface area contributed by atoms with Gasteiger partial charge in [-0.25, -0.2) is 0 Å². The molecule has 0 fully saturated rings. The molecule has 6 radical (unpaired) electrons. The van der Waals surface area contributed by atoms with Gasteiger partial charge in [0.15, 0.2) is 5.96 Å². The lowest BCUT2D eigenvalue weighted by atomic mass is 9.48. The maximum absolute atomic E-state index is 12.0. The summed E-state index contributed by atoms with van der Waals surface area (Å²) in [5.41, 5.74) is 0. The molecule has 2 N–H and O–H groups in total. The summed E-state index contributed by atoms with van der Waals surface area (Å²) in [4.78, 5) is 24.5. The number of nitrogens with zero attached hydrogens (tertiary/aromatic N) is 1. The first-order valence-electron chi connectivity index (χ1n) is 10.4. The summed E-state index contributed by atoms with van der Waals surface area (Å²) in [6, 6.07) is 0. The number of carbonyl (C=O) groups is 2. The number of guanidine groups is 1. The van der Waals surface area contributed by atoms with E-state index in [0.717, 1.165) is 24.2 Å². The molecular formula is C19H34B3N3O3. The fourth-order valence-electron chi connectivity index (χ4n) is 2.78. The maximum atomic E-state index is 12.0. The highest BCUT2D eigenvalue weighted by atomic mass is 16.5. The second-order valence-electron chi connectivity index (χ2n) is 7.11. The van der Waals surface area contributed by atoms with Gasteiger partial charge < -0.3 is 9.64 Å². The summed E-state index contributed by atoms with van der Waals surface area (Å²) in [6.07, 6.45) is 12.0. The molecule has 0 aliphatic heterocycles. The van der Waals surface area contributed by atoms with Crippen molar-refractivity contribution in [2.24, 2.45) is 0 Å². The highest BCUT2D eigenvalue weighted by Crippen LogP contribution is 2.11. The quantitative estimate of drug-likeness (QED) is 0.149. The van der Waals surface area contributed by atoms with Crippen LogP contribution in [-0.4, -0.2) is 64.7 Å². The highest BCUT2D eigenvalue weighted by Gasteiger charge is 2.26. The average Bonchev–Trinajstić information content (AvgIpc) is 2.60. The average molecular weight is 385 g/mol. The van der Waals surface area contributed by atoms with E-state index in [2.05, 4.69) is 12.2 Å². The molecule has 0 saturated heterocycles. The molecule has 0 aromatic carbocycles. The van der Waals surface area contributed by atoms with Crippen molar-refractivity contribution in [2.75, 3.05) is 13.2 Å². The first-order valence-corrected chi connectivity index (χ1v) is 10.4. The molecule has 9 heteroatoms. The summed E-state index contributed by atoms with van der Waals surface area (Å²) in [5.74, 6) is -1.39. The van der Waals surface area contributed by atoms with Crippen LogP contribution >= 0.6 is 0 Å². The van der Waals surface area contributed by atoms with E-state index in [0.29, 0.717) is 6.42 Å². The molecule has 0 rings (SSSR count). The maximum Gasteiger partial charge on any atom is 0.325 e. The van der Waals surface area contributed by atoms with Crippen LogP contribution in [0.1, 0.15) is 84.5 Å². The van der Waals surface area contributed by atoms with Gasteiger partial charge in [-0.1, -0.05) is 69.9 Å². The SMILES string of the molecule is [B]C([B])([B])N(CC(=O)OCC)C(=N)NC(=O)CCCCCCCCCCCC. The molecule has 0 aromatic rings. The number of nitrogens with one attached hydrogen (secondary N) is 2. The van der Waals surface area contributed by atoms with Crippen molar-refractivity contribution >= 4 is 41.4 Å². The van der Waals surface area contributed by atoms with E-state index < -0.39 is 23.7 Å². The van der Waals surface area contributed by atoms with E-state index >= 15 is 0 Å². The van der Waals surface area contributed by atoms with Crippen LogP contribution in [0.15, 0.2) is 0 Å². The molecule has 0 heterocycles. The van der Waals surface area contributed by atoms with Gasteiger partial charge >= 0.3 is 5.97 Å². The first kappa shape index (κ1) is 26.6. The fourth-order valence-corrected chi connectivity index (χ4v) is 2.78. The third-order valence-electron chi connectivity index (χ3n) is 4.35. The zero-order valence-corrected chi connectivity index (χ0v) is 17.6. The zero-order chi connectivity index (χ0) is 21.4. The fraction of sp³-hybridized carbons (Fsp3) is 0.842. The molecule has 0 atom stereocenters. The van der Waals surface area contributed by atoms with Gasteiger partial charge in [0.25, 0.3) is 0 Å². The summed E-state index contributed by atoms with van der Waals surface area (Å²) >= 11 is 0. The van der Waals surface area contributed by atoms with Crippen LogP contribution in [0.4, 0.5) is 0 Å². The third kappa shape index (κ3) is 13.7. The summed E-state index contributed by atoms with van der Waals surface area (Å²) < 4.78 is 4.80. The Kier molecular flexibility index (Phi) is 14.7. The van der Waals surface area contributed by atoms with Crippen LogP contribution in [0.2, 0.25) is 0 Å². The van der Waals surface area contributed by atoms with E-state index in [1.165, 1.54) is 44.9 Å². The van der Waals surface area contributed by atoms with Crippen LogP contribution < -0.4 is 5.32 Å². The normalized spacial score (nSPS) is 11.1. The van der Waals surface area contributed by atoms with E-state index in [-0.39, 0.29) is 12.5 Å². The molecule has 0 bridgehead atoms. The predicted octanol–water partition coefficient (Wildman–Crippen LogP) is 2.33. The number of hydrogen-bond acceptors (Lipinski definition) is 4. The van der Waals surface area contributed by atoms with Crippen LogP contribution in [0.25, 0.3) is 0 Å². The van der Waals surface area contributed by atoms with Crippen molar-refractivity contribution in [2.45, 2.75) is 89.7 Å². The molecular weight excluding hydrogens is 351 g/mol. The molecule has 0 aliphatic carbocycles. The second kappa shape index (κ2) is 15.5. The molecule has 0 aromatic heterocycles. The minimum atomic E-state index is -1.96. The Hall–Kier alpha value is -1.40. The van der Waals surface area contributed by atoms with Gasteiger partial charge in [-0.05, 0) is 13.3 Å². The van der Waals surface area contributed by atoms with Gasteiger partial charge in [-0.15, -0.1) is 0 Å². The van der Waals surface area contributed by atoms with E-state index in [1.54, 1.807) is 6.92 Å². The van der Waals surface area contributed by atoms with Crippen molar-refractivity contribution < 1.29 is 14.3 Å². The smallest absolute Gasteiger partial charge is 0.325 e. The molecule has 1 amide bonds. The molecule has 28 heavy (non-hydrogen) atoms. The number of hydrogen-bond donors (Lipinski definition) is 2. The minimum absolute atomic E-state index is 0.178. The molecule has 6 nitrogen and oxygen atoms in total. The Morgan fingerprint density at radius 2 is 1.43 bits per heavy atom. The van der Waals surface area contributed by atoms with Crippen LogP contribution in [0, 0.1) is 5.41 Å². The number of amides is 1.